The highest BCUT2D eigenvalue weighted by Gasteiger charge is 2.19. The van der Waals surface area contributed by atoms with Gasteiger partial charge in [0.1, 0.15) is 6.61 Å². The van der Waals surface area contributed by atoms with Crippen LogP contribution in [-0.2, 0) is 17.9 Å². The number of rotatable bonds is 7. The minimum atomic E-state index is 0.557. The minimum Gasteiger partial charge on any atom is -0.337 e. The molecule has 1 aromatic carbocycles. The van der Waals surface area contributed by atoms with Crippen LogP contribution in [-0.4, -0.2) is 12.6 Å². The van der Waals surface area contributed by atoms with Crippen LogP contribution in [0.3, 0.4) is 0 Å². The highest BCUT2D eigenvalue weighted by Crippen LogP contribution is 2.29. The van der Waals surface area contributed by atoms with E-state index in [2.05, 4.69) is 25.2 Å². The van der Waals surface area contributed by atoms with Gasteiger partial charge in [0, 0.05) is 11.6 Å². The largest absolute Gasteiger partial charge is 0.337 e. The van der Waals surface area contributed by atoms with Crippen LogP contribution < -0.4 is 10.2 Å². The van der Waals surface area contributed by atoms with Crippen molar-refractivity contribution < 1.29 is 9.78 Å². The first-order valence-corrected chi connectivity index (χ1v) is 6.98. The van der Waals surface area contributed by atoms with Crippen LogP contribution in [0.25, 0.3) is 0 Å². The van der Waals surface area contributed by atoms with Crippen molar-refractivity contribution >= 4 is 0 Å². The van der Waals surface area contributed by atoms with Gasteiger partial charge in [-0.1, -0.05) is 32.4 Å². The molecular formula is C15H23NO2. The molecule has 0 amide bonds. The van der Waals surface area contributed by atoms with Crippen LogP contribution in [0, 0.1) is 0 Å². The lowest BCUT2D eigenvalue weighted by Gasteiger charge is -2.18. The normalized spacial score (nSPS) is 15.2. The van der Waals surface area contributed by atoms with E-state index in [4.69, 9.17) is 9.78 Å². The van der Waals surface area contributed by atoms with Crippen LogP contribution in [0.2, 0.25) is 0 Å². The average molecular weight is 249 g/mol. The Labute approximate surface area is 109 Å². The maximum Gasteiger partial charge on any atom is 0.171 e. The van der Waals surface area contributed by atoms with Crippen LogP contribution in [0.5, 0.6) is 5.75 Å². The second kappa shape index (κ2) is 6.76. The van der Waals surface area contributed by atoms with Gasteiger partial charge in [-0.2, -0.15) is 4.89 Å². The molecule has 0 saturated heterocycles. The molecule has 2 rings (SSSR count). The molecule has 0 aromatic heterocycles. The van der Waals surface area contributed by atoms with E-state index in [1.54, 1.807) is 0 Å². The Hall–Kier alpha value is -1.06. The molecule has 3 heteroatoms. The standard InChI is InChI=1S/C15H23NO2/c1-3-6-13(16-9-4-2)10-12-7-5-8-15-14(12)11-17-18-15/h5,7-8,13,16H,3-4,6,9-11H2,1-2H3. The highest BCUT2D eigenvalue weighted by molar-refractivity contribution is 5.41. The summed E-state index contributed by atoms with van der Waals surface area (Å²) < 4.78 is 0. The molecule has 1 unspecified atom stereocenters. The number of benzene rings is 1. The summed E-state index contributed by atoms with van der Waals surface area (Å²) in [4.78, 5) is 10.2. The molecular weight excluding hydrogens is 226 g/mol. The summed E-state index contributed by atoms with van der Waals surface area (Å²) in [5.41, 5.74) is 2.57. The van der Waals surface area contributed by atoms with Gasteiger partial charge in [0.15, 0.2) is 5.75 Å². The van der Waals surface area contributed by atoms with Crippen molar-refractivity contribution in [3.8, 4) is 5.75 Å². The Morgan fingerprint density at radius 3 is 2.94 bits per heavy atom. The lowest BCUT2D eigenvalue weighted by atomic mass is 9.97. The van der Waals surface area contributed by atoms with Crippen molar-refractivity contribution in [1.82, 2.24) is 5.32 Å². The van der Waals surface area contributed by atoms with Crippen molar-refractivity contribution in [2.24, 2.45) is 0 Å². The summed E-state index contributed by atoms with van der Waals surface area (Å²) >= 11 is 0. The van der Waals surface area contributed by atoms with Gasteiger partial charge in [-0.3, -0.25) is 0 Å². The van der Waals surface area contributed by atoms with Crippen LogP contribution in [0.1, 0.15) is 44.2 Å². The molecule has 0 saturated carbocycles. The molecule has 0 radical (unpaired) electrons. The van der Waals surface area contributed by atoms with Gasteiger partial charge in [0.05, 0.1) is 0 Å². The molecule has 0 fully saturated rings. The molecule has 18 heavy (non-hydrogen) atoms. The fourth-order valence-electron chi connectivity index (χ4n) is 2.43. The molecule has 1 atom stereocenters. The number of hydrogen-bond acceptors (Lipinski definition) is 3. The Kier molecular flexibility index (Phi) is 5.02. The molecule has 1 heterocycles. The van der Waals surface area contributed by atoms with Gasteiger partial charge >= 0.3 is 0 Å². The maximum absolute atomic E-state index is 5.14. The zero-order chi connectivity index (χ0) is 12.8. The van der Waals surface area contributed by atoms with E-state index < -0.39 is 0 Å². The first kappa shape index (κ1) is 13.4. The quantitative estimate of drug-likeness (QED) is 0.753. The molecule has 0 bridgehead atoms. The zero-order valence-corrected chi connectivity index (χ0v) is 11.4. The molecule has 1 N–H and O–H groups in total. The first-order chi connectivity index (χ1) is 8.85. The van der Waals surface area contributed by atoms with Gasteiger partial charge in [-0.25, -0.2) is 0 Å². The van der Waals surface area contributed by atoms with E-state index in [0.29, 0.717) is 12.6 Å². The van der Waals surface area contributed by atoms with E-state index in [0.717, 1.165) is 18.7 Å². The summed E-state index contributed by atoms with van der Waals surface area (Å²) in [5, 5.41) is 3.63. The SMILES string of the molecule is CCCNC(CCC)Cc1cccc2c1COO2. The molecule has 1 aliphatic heterocycles. The third-order valence-corrected chi connectivity index (χ3v) is 3.37. The highest BCUT2D eigenvalue weighted by atomic mass is 17.2. The predicted molar refractivity (Wildman–Crippen MR) is 72.6 cm³/mol. The number of fused-ring (bicyclic) bond motifs is 1. The van der Waals surface area contributed by atoms with E-state index in [1.165, 1.54) is 30.4 Å². The summed E-state index contributed by atoms with van der Waals surface area (Å²) in [7, 11) is 0. The van der Waals surface area contributed by atoms with Crippen molar-refractivity contribution in [3.05, 3.63) is 29.3 Å². The topological polar surface area (TPSA) is 30.5 Å². The third-order valence-electron chi connectivity index (χ3n) is 3.37. The predicted octanol–water partition coefficient (Wildman–Crippen LogP) is 3.22. The van der Waals surface area contributed by atoms with Crippen molar-refractivity contribution in [1.29, 1.82) is 0 Å². The Morgan fingerprint density at radius 1 is 1.28 bits per heavy atom. The summed E-state index contributed by atoms with van der Waals surface area (Å²) in [5.74, 6) is 0.887. The summed E-state index contributed by atoms with van der Waals surface area (Å²) in [6.45, 7) is 6.12. The Morgan fingerprint density at radius 2 is 2.17 bits per heavy atom. The minimum absolute atomic E-state index is 0.557. The van der Waals surface area contributed by atoms with Gasteiger partial charge < -0.3 is 10.2 Å². The average Bonchev–Trinajstić information content (AvgIpc) is 2.85. The zero-order valence-electron chi connectivity index (χ0n) is 11.4. The van der Waals surface area contributed by atoms with Crippen molar-refractivity contribution in [3.63, 3.8) is 0 Å². The smallest absolute Gasteiger partial charge is 0.171 e. The van der Waals surface area contributed by atoms with E-state index in [-0.39, 0.29) is 0 Å². The van der Waals surface area contributed by atoms with E-state index >= 15 is 0 Å². The second-order valence-corrected chi connectivity index (χ2v) is 4.88. The van der Waals surface area contributed by atoms with E-state index in [1.807, 2.05) is 12.1 Å². The monoisotopic (exact) mass is 249 g/mol. The van der Waals surface area contributed by atoms with E-state index in [9.17, 15) is 0 Å². The van der Waals surface area contributed by atoms with Crippen LogP contribution in [0.4, 0.5) is 0 Å². The molecule has 100 valence electrons. The maximum atomic E-state index is 5.14. The van der Waals surface area contributed by atoms with Crippen LogP contribution in [0.15, 0.2) is 18.2 Å². The molecule has 3 nitrogen and oxygen atoms in total. The Bertz CT molecular complexity index is 379. The van der Waals surface area contributed by atoms with Crippen molar-refractivity contribution in [2.45, 2.75) is 52.2 Å². The fraction of sp³-hybridized carbons (Fsp3) is 0.600. The molecule has 1 aromatic rings. The number of hydrogen-bond donors (Lipinski definition) is 1. The van der Waals surface area contributed by atoms with Crippen LogP contribution >= 0.6 is 0 Å². The molecule has 0 aliphatic carbocycles. The van der Waals surface area contributed by atoms with Gasteiger partial charge in [0.25, 0.3) is 0 Å². The summed E-state index contributed by atoms with van der Waals surface area (Å²) in [6.07, 6.45) is 4.66. The Balaban J connectivity index is 2.04. The first-order valence-electron chi connectivity index (χ1n) is 6.98. The fourth-order valence-corrected chi connectivity index (χ4v) is 2.43. The summed E-state index contributed by atoms with van der Waals surface area (Å²) in [6, 6.07) is 6.76. The second-order valence-electron chi connectivity index (χ2n) is 4.88. The van der Waals surface area contributed by atoms with Gasteiger partial charge in [-0.15, -0.1) is 0 Å². The third kappa shape index (κ3) is 3.24. The van der Waals surface area contributed by atoms with Gasteiger partial charge in [0.2, 0.25) is 0 Å². The lowest BCUT2D eigenvalue weighted by Crippen LogP contribution is -2.31. The lowest BCUT2D eigenvalue weighted by molar-refractivity contribution is -0.194. The van der Waals surface area contributed by atoms with Gasteiger partial charge in [-0.05, 0) is 37.4 Å². The molecule has 1 aliphatic rings. The number of nitrogens with one attached hydrogen (secondary N) is 1. The van der Waals surface area contributed by atoms with Crippen molar-refractivity contribution in [2.75, 3.05) is 6.54 Å². The molecule has 0 spiro atoms.